The lowest BCUT2D eigenvalue weighted by atomic mass is 9.84. The Hall–Kier alpha value is -0.860. The molecule has 2 unspecified atom stereocenters. The number of aliphatic hydroxyl groups excluding tert-OH is 1. The van der Waals surface area contributed by atoms with E-state index in [-0.39, 0.29) is 6.10 Å². The maximum atomic E-state index is 10.7. The van der Waals surface area contributed by atoms with Crippen LogP contribution in [0.1, 0.15) is 55.8 Å². The number of hydrogen-bond acceptors (Lipinski definition) is 2. The van der Waals surface area contributed by atoms with E-state index in [4.69, 9.17) is 0 Å². The summed E-state index contributed by atoms with van der Waals surface area (Å²) in [5.74, 6) is 0. The fourth-order valence-electron chi connectivity index (χ4n) is 3.70. The number of aryl methyl sites for hydroxylation is 1. The van der Waals surface area contributed by atoms with Crippen LogP contribution in [-0.2, 0) is 6.42 Å². The minimum Gasteiger partial charge on any atom is -0.387 e. The molecule has 19 heavy (non-hydrogen) atoms. The highest BCUT2D eigenvalue weighted by atomic mass is 16.3. The first-order valence-corrected chi connectivity index (χ1v) is 7.86. The summed E-state index contributed by atoms with van der Waals surface area (Å²) in [6.45, 7) is 2.34. The minimum atomic E-state index is -0.288. The Bertz CT molecular complexity index is 409. The number of rotatable bonds is 1. The lowest BCUT2D eigenvalue weighted by Crippen LogP contribution is -2.43. The van der Waals surface area contributed by atoms with E-state index in [1.54, 1.807) is 0 Å². The first-order valence-electron chi connectivity index (χ1n) is 7.86. The highest BCUT2D eigenvalue weighted by Crippen LogP contribution is 2.33. The lowest BCUT2D eigenvalue weighted by molar-refractivity contribution is 0.0317. The molecule has 0 bridgehead atoms. The molecule has 1 fully saturated rings. The molecule has 0 aromatic heterocycles. The van der Waals surface area contributed by atoms with Crippen molar-refractivity contribution in [2.75, 3.05) is 13.1 Å². The smallest absolute Gasteiger partial charge is 0.0947 e. The largest absolute Gasteiger partial charge is 0.387 e. The molecule has 1 aromatic rings. The van der Waals surface area contributed by atoms with Crippen molar-refractivity contribution in [3.05, 3.63) is 35.4 Å². The van der Waals surface area contributed by atoms with E-state index >= 15 is 0 Å². The molecule has 104 valence electrons. The average molecular weight is 259 g/mol. The number of fused-ring (bicyclic) bond motifs is 1. The third-order valence-electron chi connectivity index (χ3n) is 4.81. The zero-order valence-corrected chi connectivity index (χ0v) is 11.7. The van der Waals surface area contributed by atoms with Crippen LogP contribution in [0.15, 0.2) is 24.3 Å². The van der Waals surface area contributed by atoms with Gasteiger partial charge in [-0.1, -0.05) is 43.5 Å². The minimum absolute atomic E-state index is 0.288. The third kappa shape index (κ3) is 2.85. The van der Waals surface area contributed by atoms with Gasteiger partial charge in [-0.3, -0.25) is 4.90 Å². The number of hydrogen-bond donors (Lipinski definition) is 1. The van der Waals surface area contributed by atoms with Gasteiger partial charge in [0.15, 0.2) is 0 Å². The van der Waals surface area contributed by atoms with Gasteiger partial charge in [0, 0.05) is 6.04 Å². The maximum absolute atomic E-state index is 10.7. The highest BCUT2D eigenvalue weighted by molar-refractivity contribution is 5.32. The van der Waals surface area contributed by atoms with Crippen molar-refractivity contribution in [3.63, 3.8) is 0 Å². The monoisotopic (exact) mass is 259 g/mol. The van der Waals surface area contributed by atoms with Crippen molar-refractivity contribution in [1.29, 1.82) is 0 Å². The molecule has 1 heterocycles. The normalized spacial score (nSPS) is 29.3. The van der Waals surface area contributed by atoms with Crippen molar-refractivity contribution >= 4 is 0 Å². The molecule has 2 atom stereocenters. The van der Waals surface area contributed by atoms with Gasteiger partial charge in [0.25, 0.3) is 0 Å². The molecule has 0 spiro atoms. The predicted molar refractivity (Wildman–Crippen MR) is 78.2 cm³/mol. The van der Waals surface area contributed by atoms with Gasteiger partial charge in [-0.25, -0.2) is 0 Å². The van der Waals surface area contributed by atoms with Crippen LogP contribution in [0.25, 0.3) is 0 Å². The molecule has 0 amide bonds. The van der Waals surface area contributed by atoms with E-state index in [0.717, 1.165) is 12.8 Å². The average Bonchev–Trinajstić information content (AvgIpc) is 2.40. The van der Waals surface area contributed by atoms with Gasteiger partial charge in [0.1, 0.15) is 0 Å². The summed E-state index contributed by atoms with van der Waals surface area (Å²) < 4.78 is 0. The molecule has 1 saturated heterocycles. The first kappa shape index (κ1) is 13.1. The summed E-state index contributed by atoms with van der Waals surface area (Å²) in [7, 11) is 0. The molecule has 2 nitrogen and oxygen atoms in total. The first-order chi connectivity index (χ1) is 9.36. The molecule has 0 saturated carbocycles. The van der Waals surface area contributed by atoms with Crippen LogP contribution >= 0.6 is 0 Å². The summed E-state index contributed by atoms with van der Waals surface area (Å²) in [4.78, 5) is 2.56. The summed E-state index contributed by atoms with van der Waals surface area (Å²) in [6.07, 6.45) is 8.64. The van der Waals surface area contributed by atoms with Crippen molar-refractivity contribution < 1.29 is 5.11 Å². The fourth-order valence-corrected chi connectivity index (χ4v) is 3.70. The Morgan fingerprint density at radius 2 is 1.63 bits per heavy atom. The second-order valence-corrected chi connectivity index (χ2v) is 6.05. The summed E-state index contributed by atoms with van der Waals surface area (Å²) in [5.41, 5.74) is 2.51. The molecule has 1 N–H and O–H groups in total. The van der Waals surface area contributed by atoms with Crippen molar-refractivity contribution in [3.8, 4) is 0 Å². The molecule has 1 aliphatic carbocycles. The van der Waals surface area contributed by atoms with Gasteiger partial charge in [-0.15, -0.1) is 0 Å². The van der Waals surface area contributed by atoms with Gasteiger partial charge >= 0.3 is 0 Å². The molecule has 1 aliphatic heterocycles. The van der Waals surface area contributed by atoms with Gasteiger partial charge < -0.3 is 5.11 Å². The molecule has 0 radical (unpaired) electrons. The topological polar surface area (TPSA) is 23.5 Å². The van der Waals surface area contributed by atoms with E-state index < -0.39 is 0 Å². The van der Waals surface area contributed by atoms with E-state index in [2.05, 4.69) is 29.2 Å². The van der Waals surface area contributed by atoms with E-state index in [0.29, 0.717) is 6.04 Å². The third-order valence-corrected chi connectivity index (χ3v) is 4.81. The Labute approximate surface area is 116 Å². The fraction of sp³-hybridized carbons (Fsp3) is 0.647. The standard InChI is InChI=1S/C17H25NO/c19-17-15-9-5-4-8-14(15)10-11-16(17)18-12-6-2-1-3-7-13-18/h4-5,8-9,16-17,19H,1-3,6-7,10-13H2. The molecular formula is C17H25NO. The maximum Gasteiger partial charge on any atom is 0.0947 e. The SMILES string of the molecule is OC1c2ccccc2CCC1N1CCCCCCC1. The predicted octanol–water partition coefficient (Wildman–Crippen LogP) is 3.30. The molecule has 3 rings (SSSR count). The Morgan fingerprint density at radius 3 is 2.42 bits per heavy atom. The molecular weight excluding hydrogens is 234 g/mol. The van der Waals surface area contributed by atoms with Crippen molar-refractivity contribution in [1.82, 2.24) is 4.90 Å². The number of benzene rings is 1. The van der Waals surface area contributed by atoms with E-state index in [1.807, 2.05) is 0 Å². The van der Waals surface area contributed by atoms with Crippen molar-refractivity contribution in [2.45, 2.75) is 57.1 Å². The van der Waals surface area contributed by atoms with Crippen LogP contribution in [0.2, 0.25) is 0 Å². The molecule has 1 aromatic carbocycles. The van der Waals surface area contributed by atoms with Crippen LogP contribution in [0.4, 0.5) is 0 Å². The quantitative estimate of drug-likeness (QED) is 0.836. The summed E-state index contributed by atoms with van der Waals surface area (Å²) >= 11 is 0. The summed E-state index contributed by atoms with van der Waals surface area (Å²) in [5, 5.41) is 10.7. The Balaban J connectivity index is 1.75. The van der Waals surface area contributed by atoms with Crippen LogP contribution in [-0.4, -0.2) is 29.1 Å². The zero-order valence-electron chi connectivity index (χ0n) is 11.7. The number of aliphatic hydroxyl groups is 1. The second-order valence-electron chi connectivity index (χ2n) is 6.05. The zero-order chi connectivity index (χ0) is 13.1. The van der Waals surface area contributed by atoms with Crippen LogP contribution in [0.3, 0.4) is 0 Å². The van der Waals surface area contributed by atoms with Gasteiger partial charge in [0.2, 0.25) is 0 Å². The lowest BCUT2D eigenvalue weighted by Gasteiger charge is -2.39. The summed E-state index contributed by atoms with van der Waals surface area (Å²) in [6, 6.07) is 8.76. The number of nitrogens with zero attached hydrogens (tertiary/aromatic N) is 1. The second kappa shape index (κ2) is 6.06. The Kier molecular flexibility index (Phi) is 4.19. The number of likely N-dealkylation sites (tertiary alicyclic amines) is 1. The van der Waals surface area contributed by atoms with Crippen molar-refractivity contribution in [2.24, 2.45) is 0 Å². The van der Waals surface area contributed by atoms with Crippen LogP contribution < -0.4 is 0 Å². The molecule has 2 aliphatic rings. The van der Waals surface area contributed by atoms with Gasteiger partial charge in [-0.05, 0) is 49.9 Å². The van der Waals surface area contributed by atoms with Gasteiger partial charge in [-0.2, -0.15) is 0 Å². The Morgan fingerprint density at radius 1 is 0.947 bits per heavy atom. The van der Waals surface area contributed by atoms with E-state index in [9.17, 15) is 5.11 Å². The van der Waals surface area contributed by atoms with Crippen LogP contribution in [0.5, 0.6) is 0 Å². The van der Waals surface area contributed by atoms with Gasteiger partial charge in [0.05, 0.1) is 6.10 Å². The highest BCUT2D eigenvalue weighted by Gasteiger charge is 2.31. The van der Waals surface area contributed by atoms with E-state index in [1.165, 1.54) is 56.3 Å². The molecule has 2 heteroatoms. The van der Waals surface area contributed by atoms with Crippen LogP contribution in [0, 0.1) is 0 Å².